The Morgan fingerprint density at radius 1 is 1.16 bits per heavy atom. The minimum atomic E-state index is -0.479. The Morgan fingerprint density at radius 2 is 1.88 bits per heavy atom. The van der Waals surface area contributed by atoms with E-state index in [1.165, 1.54) is 13.2 Å². The van der Waals surface area contributed by atoms with Gasteiger partial charge in [-0.2, -0.15) is 0 Å². The highest BCUT2D eigenvalue weighted by Gasteiger charge is 2.14. The van der Waals surface area contributed by atoms with Gasteiger partial charge in [-0.3, -0.25) is 9.59 Å². The first-order valence-electron chi connectivity index (χ1n) is 7.43. The molecule has 0 aliphatic heterocycles. The lowest BCUT2D eigenvalue weighted by Gasteiger charge is -2.09. The molecule has 2 N–H and O–H groups in total. The third-order valence-corrected chi connectivity index (χ3v) is 4.88. The maximum Gasteiger partial charge on any atom is 0.348 e. The van der Waals surface area contributed by atoms with Crippen molar-refractivity contribution in [2.24, 2.45) is 0 Å². The number of anilines is 1. The number of esters is 1. The lowest BCUT2D eigenvalue weighted by atomic mass is 10.2. The predicted octanol–water partition coefficient (Wildman–Crippen LogP) is 3.36. The van der Waals surface area contributed by atoms with E-state index in [0.29, 0.717) is 9.75 Å². The monoisotopic (exact) mass is 424 g/mol. The molecule has 0 aliphatic carbocycles. The number of ether oxygens (including phenoxy) is 1. The van der Waals surface area contributed by atoms with Crippen LogP contribution < -0.4 is 10.6 Å². The van der Waals surface area contributed by atoms with Crippen LogP contribution in [0.25, 0.3) is 0 Å². The number of carbonyl (C=O) groups excluding carboxylic acids is 3. The molecule has 0 atom stereocenters. The second-order valence-electron chi connectivity index (χ2n) is 5.17. The van der Waals surface area contributed by atoms with Crippen LogP contribution in [0, 0.1) is 6.92 Å². The molecular weight excluding hydrogens is 408 g/mol. The maximum absolute atomic E-state index is 12.0. The number of amides is 2. The van der Waals surface area contributed by atoms with Gasteiger partial charge in [-0.15, -0.1) is 11.3 Å². The van der Waals surface area contributed by atoms with Crippen LogP contribution in [0.5, 0.6) is 0 Å². The number of benzene rings is 1. The highest BCUT2D eigenvalue weighted by atomic mass is 79.9. The van der Waals surface area contributed by atoms with Crippen molar-refractivity contribution in [1.29, 1.82) is 0 Å². The summed E-state index contributed by atoms with van der Waals surface area (Å²) in [5, 5.41) is 5.47. The average Bonchev–Trinajstić information content (AvgIpc) is 3.07. The van der Waals surface area contributed by atoms with E-state index in [1.54, 1.807) is 6.07 Å². The fraction of sp³-hybridized carbons (Fsp3) is 0.235. The molecule has 0 fully saturated rings. The van der Waals surface area contributed by atoms with Crippen LogP contribution in [0.15, 0.2) is 34.8 Å². The van der Waals surface area contributed by atoms with E-state index < -0.39 is 5.97 Å². The smallest absolute Gasteiger partial charge is 0.348 e. The van der Waals surface area contributed by atoms with E-state index in [4.69, 9.17) is 0 Å². The predicted molar refractivity (Wildman–Crippen MR) is 100 cm³/mol. The molecule has 0 spiro atoms. The quantitative estimate of drug-likeness (QED) is 0.696. The molecule has 132 valence electrons. The summed E-state index contributed by atoms with van der Waals surface area (Å²) in [4.78, 5) is 36.1. The fourth-order valence-electron chi connectivity index (χ4n) is 1.99. The van der Waals surface area contributed by atoms with Crippen molar-refractivity contribution < 1.29 is 19.1 Å². The largest absolute Gasteiger partial charge is 0.465 e. The first-order valence-corrected chi connectivity index (χ1v) is 9.04. The van der Waals surface area contributed by atoms with Crippen LogP contribution in [0.1, 0.15) is 31.3 Å². The summed E-state index contributed by atoms with van der Waals surface area (Å²) in [6.07, 6.45) is 0.146. The van der Waals surface area contributed by atoms with Gasteiger partial charge in [0.05, 0.1) is 12.0 Å². The Hall–Kier alpha value is -2.19. The summed E-state index contributed by atoms with van der Waals surface area (Å²) in [7, 11) is 1.29. The minimum Gasteiger partial charge on any atom is -0.465 e. The zero-order chi connectivity index (χ0) is 18.4. The summed E-state index contributed by atoms with van der Waals surface area (Å²) in [6, 6.07) is 8.71. The molecule has 25 heavy (non-hydrogen) atoms. The van der Waals surface area contributed by atoms with Crippen molar-refractivity contribution in [2.75, 3.05) is 19.0 Å². The number of aryl methyl sites for hydroxylation is 1. The Balaban J connectivity index is 1.82. The number of nitrogens with one attached hydrogen (secondary N) is 2. The zero-order valence-corrected chi connectivity index (χ0v) is 16.1. The van der Waals surface area contributed by atoms with E-state index in [2.05, 4.69) is 31.3 Å². The molecular formula is C17H17BrN2O4S. The molecule has 8 heteroatoms. The molecule has 2 aromatic rings. The molecule has 0 saturated carbocycles. The van der Waals surface area contributed by atoms with Crippen LogP contribution in [0.2, 0.25) is 0 Å². The standard InChI is InChI=1S/C17H17BrN2O4S/c1-10-3-4-11(18)9-12(10)20-15(21)7-8-19-16(22)13-5-6-14(25-13)17(23)24-2/h3-6,9H,7-8H2,1-2H3,(H,19,22)(H,20,21). The van der Waals surface area contributed by atoms with Gasteiger partial charge in [0.15, 0.2) is 0 Å². The van der Waals surface area contributed by atoms with Crippen molar-refractivity contribution in [1.82, 2.24) is 5.32 Å². The lowest BCUT2D eigenvalue weighted by Crippen LogP contribution is -2.27. The molecule has 1 aromatic carbocycles. The summed E-state index contributed by atoms with van der Waals surface area (Å²) >= 11 is 4.41. The van der Waals surface area contributed by atoms with Gasteiger partial charge in [-0.25, -0.2) is 4.79 Å². The van der Waals surface area contributed by atoms with Crippen molar-refractivity contribution in [3.8, 4) is 0 Å². The summed E-state index contributed by atoms with van der Waals surface area (Å²) in [5.74, 6) is -0.998. The summed E-state index contributed by atoms with van der Waals surface area (Å²) in [6.45, 7) is 2.10. The lowest BCUT2D eigenvalue weighted by molar-refractivity contribution is -0.116. The first kappa shape index (κ1) is 19.1. The Bertz CT molecular complexity index is 804. The third kappa shape index (κ3) is 5.40. The molecule has 0 saturated heterocycles. The Labute approximate surface area is 157 Å². The second-order valence-corrected chi connectivity index (χ2v) is 7.17. The van der Waals surface area contributed by atoms with E-state index in [9.17, 15) is 14.4 Å². The zero-order valence-electron chi connectivity index (χ0n) is 13.7. The van der Waals surface area contributed by atoms with E-state index in [-0.39, 0.29) is 24.8 Å². The van der Waals surface area contributed by atoms with Gasteiger partial charge in [0.1, 0.15) is 4.88 Å². The van der Waals surface area contributed by atoms with Crippen molar-refractivity contribution >= 4 is 50.7 Å². The van der Waals surface area contributed by atoms with Crippen LogP contribution in [0.3, 0.4) is 0 Å². The molecule has 6 nitrogen and oxygen atoms in total. The van der Waals surface area contributed by atoms with E-state index >= 15 is 0 Å². The normalized spacial score (nSPS) is 10.2. The molecule has 2 amide bonds. The summed E-state index contributed by atoms with van der Waals surface area (Å²) in [5.41, 5.74) is 1.68. The number of methoxy groups -OCH3 is 1. The van der Waals surface area contributed by atoms with Crippen molar-refractivity contribution in [3.05, 3.63) is 50.1 Å². The number of hydrogen-bond acceptors (Lipinski definition) is 5. The van der Waals surface area contributed by atoms with Gasteiger partial charge >= 0.3 is 5.97 Å². The Morgan fingerprint density at radius 3 is 2.60 bits per heavy atom. The van der Waals surface area contributed by atoms with Gasteiger partial charge < -0.3 is 15.4 Å². The molecule has 1 aromatic heterocycles. The molecule has 0 radical (unpaired) electrons. The minimum absolute atomic E-state index is 0.146. The van der Waals surface area contributed by atoms with E-state index in [1.807, 2.05) is 25.1 Å². The highest BCUT2D eigenvalue weighted by molar-refractivity contribution is 9.10. The number of hydrogen-bond donors (Lipinski definition) is 2. The maximum atomic E-state index is 12.0. The van der Waals surface area contributed by atoms with Gasteiger partial charge in [0.25, 0.3) is 5.91 Å². The first-order chi connectivity index (χ1) is 11.9. The summed E-state index contributed by atoms with van der Waals surface area (Å²) < 4.78 is 5.48. The Kier molecular flexibility index (Phi) is 6.72. The van der Waals surface area contributed by atoms with Gasteiger partial charge in [0, 0.05) is 23.1 Å². The van der Waals surface area contributed by atoms with Crippen LogP contribution in [-0.2, 0) is 9.53 Å². The second kappa shape index (κ2) is 8.77. The van der Waals surface area contributed by atoms with E-state index in [0.717, 1.165) is 27.1 Å². The molecule has 0 unspecified atom stereocenters. The van der Waals surface area contributed by atoms with Gasteiger partial charge in [-0.05, 0) is 36.8 Å². The molecule has 0 aliphatic rings. The number of rotatable bonds is 6. The average molecular weight is 425 g/mol. The highest BCUT2D eigenvalue weighted by Crippen LogP contribution is 2.21. The van der Waals surface area contributed by atoms with Crippen LogP contribution in [-0.4, -0.2) is 31.4 Å². The number of thiophene rings is 1. The number of carbonyl (C=O) groups is 3. The van der Waals surface area contributed by atoms with Crippen molar-refractivity contribution in [2.45, 2.75) is 13.3 Å². The number of halogens is 1. The SMILES string of the molecule is COC(=O)c1ccc(C(=O)NCCC(=O)Nc2cc(Br)ccc2C)s1. The van der Waals surface area contributed by atoms with Crippen LogP contribution >= 0.6 is 27.3 Å². The van der Waals surface area contributed by atoms with Crippen molar-refractivity contribution in [3.63, 3.8) is 0 Å². The third-order valence-electron chi connectivity index (χ3n) is 3.33. The molecule has 2 rings (SSSR count). The van der Waals surface area contributed by atoms with Crippen LogP contribution in [0.4, 0.5) is 5.69 Å². The molecule has 0 bridgehead atoms. The molecule has 1 heterocycles. The fourth-order valence-corrected chi connectivity index (χ4v) is 3.19. The van der Waals surface area contributed by atoms with Gasteiger partial charge in [0.2, 0.25) is 5.91 Å². The topological polar surface area (TPSA) is 84.5 Å². The van der Waals surface area contributed by atoms with Gasteiger partial charge in [-0.1, -0.05) is 22.0 Å².